The van der Waals surface area contributed by atoms with E-state index < -0.39 is 0 Å². The van der Waals surface area contributed by atoms with Crippen LogP contribution in [0.25, 0.3) is 20.8 Å². The monoisotopic (exact) mass is 322 g/mol. The summed E-state index contributed by atoms with van der Waals surface area (Å²) in [7, 11) is 0. The Labute approximate surface area is 136 Å². The van der Waals surface area contributed by atoms with Gasteiger partial charge in [-0.2, -0.15) is 5.10 Å². The lowest BCUT2D eigenvalue weighted by atomic mass is 10.3. The molecule has 0 saturated carbocycles. The largest absolute Gasteiger partial charge is 0.384 e. The summed E-state index contributed by atoms with van der Waals surface area (Å²) in [4.78, 5) is 9.82. The van der Waals surface area contributed by atoms with Gasteiger partial charge in [-0.1, -0.05) is 6.07 Å². The Kier molecular flexibility index (Phi) is 3.39. The number of rotatable bonds is 4. The van der Waals surface area contributed by atoms with E-state index in [1.54, 1.807) is 23.7 Å². The molecule has 0 aliphatic carbocycles. The molecule has 0 atom stereocenters. The van der Waals surface area contributed by atoms with Crippen molar-refractivity contribution in [3.63, 3.8) is 0 Å². The lowest BCUT2D eigenvalue weighted by molar-refractivity contribution is 1.05. The summed E-state index contributed by atoms with van der Waals surface area (Å²) in [5.74, 6) is 0.495. The van der Waals surface area contributed by atoms with Gasteiger partial charge in [-0.3, -0.25) is 10.1 Å². The standard InChI is InChI=1S/C16H14N6S/c17-15-8-12(19-9-10-3-1-2-5-18-10)16-13(21-15)7-14(23-16)11-4-6-20-22-11/h1-8H,9H2,(H,20,22)(H3,17,19,21). The molecular weight excluding hydrogens is 308 g/mol. The molecule has 0 aliphatic rings. The summed E-state index contributed by atoms with van der Waals surface area (Å²) in [6, 6.07) is 11.7. The minimum absolute atomic E-state index is 0.495. The zero-order valence-electron chi connectivity index (χ0n) is 12.2. The van der Waals surface area contributed by atoms with Gasteiger partial charge >= 0.3 is 0 Å². The SMILES string of the molecule is Nc1cc(NCc2ccccn2)c2sc(-c3ccn[nH]3)cc2n1. The number of thiophene rings is 1. The second-order valence-corrected chi connectivity index (χ2v) is 6.12. The highest BCUT2D eigenvalue weighted by molar-refractivity contribution is 7.22. The molecule has 0 unspecified atom stereocenters. The fourth-order valence-corrected chi connectivity index (χ4v) is 3.45. The smallest absolute Gasteiger partial charge is 0.126 e. The van der Waals surface area contributed by atoms with Crippen molar-refractivity contribution in [2.75, 3.05) is 11.1 Å². The predicted octanol–water partition coefficient (Wildman–Crippen LogP) is 3.28. The summed E-state index contributed by atoms with van der Waals surface area (Å²) in [5, 5.41) is 10.4. The molecule has 6 nitrogen and oxygen atoms in total. The molecule has 0 aromatic carbocycles. The molecule has 4 aromatic rings. The molecule has 0 spiro atoms. The predicted molar refractivity (Wildman–Crippen MR) is 93.2 cm³/mol. The summed E-state index contributed by atoms with van der Waals surface area (Å²) < 4.78 is 1.07. The van der Waals surface area contributed by atoms with Gasteiger partial charge in [-0.05, 0) is 24.3 Å². The second kappa shape index (κ2) is 5.69. The first kappa shape index (κ1) is 13.7. The number of H-pyrrole nitrogens is 1. The van der Waals surface area contributed by atoms with Crippen LogP contribution in [0.2, 0.25) is 0 Å². The van der Waals surface area contributed by atoms with E-state index in [2.05, 4.69) is 25.5 Å². The molecular formula is C16H14N6S. The highest BCUT2D eigenvalue weighted by Gasteiger charge is 2.11. The molecule has 4 heterocycles. The van der Waals surface area contributed by atoms with Gasteiger partial charge in [0.2, 0.25) is 0 Å². The maximum Gasteiger partial charge on any atom is 0.126 e. The molecule has 0 saturated heterocycles. The van der Waals surface area contributed by atoms with Gasteiger partial charge in [0, 0.05) is 18.5 Å². The van der Waals surface area contributed by atoms with E-state index in [0.717, 1.165) is 32.2 Å². The zero-order valence-corrected chi connectivity index (χ0v) is 13.0. The van der Waals surface area contributed by atoms with Crippen LogP contribution in [-0.2, 0) is 6.54 Å². The Bertz CT molecular complexity index is 930. The van der Waals surface area contributed by atoms with E-state index in [0.29, 0.717) is 12.4 Å². The van der Waals surface area contributed by atoms with Crippen molar-refractivity contribution in [3.05, 3.63) is 54.5 Å². The fourth-order valence-electron chi connectivity index (χ4n) is 2.39. The first-order valence-corrected chi connectivity index (χ1v) is 7.95. The maximum atomic E-state index is 5.94. The van der Waals surface area contributed by atoms with Crippen LogP contribution in [0.15, 0.2) is 48.8 Å². The van der Waals surface area contributed by atoms with Gasteiger partial charge in [0.25, 0.3) is 0 Å². The Morgan fingerprint density at radius 3 is 2.91 bits per heavy atom. The first-order chi connectivity index (χ1) is 11.3. The van der Waals surface area contributed by atoms with Gasteiger partial charge < -0.3 is 11.1 Å². The van der Waals surface area contributed by atoms with E-state index in [-0.39, 0.29) is 0 Å². The minimum Gasteiger partial charge on any atom is -0.384 e. The number of nitrogens with zero attached hydrogens (tertiary/aromatic N) is 3. The Balaban J connectivity index is 1.70. The average Bonchev–Trinajstić information content (AvgIpc) is 3.22. The van der Waals surface area contributed by atoms with Gasteiger partial charge in [0.05, 0.1) is 38.7 Å². The molecule has 0 bridgehead atoms. The Hall–Kier alpha value is -2.93. The third kappa shape index (κ3) is 2.74. The number of aromatic nitrogens is 4. The van der Waals surface area contributed by atoms with Crippen LogP contribution in [0.3, 0.4) is 0 Å². The van der Waals surface area contributed by atoms with Crippen molar-refractivity contribution in [2.45, 2.75) is 6.54 Å². The molecule has 4 aromatic heterocycles. The van der Waals surface area contributed by atoms with Crippen LogP contribution in [0.1, 0.15) is 5.69 Å². The van der Waals surface area contributed by atoms with Crippen molar-refractivity contribution in [1.29, 1.82) is 0 Å². The quantitative estimate of drug-likeness (QED) is 0.536. The molecule has 114 valence electrons. The molecule has 4 rings (SSSR count). The molecule has 0 amide bonds. The lowest BCUT2D eigenvalue weighted by Gasteiger charge is -2.07. The van der Waals surface area contributed by atoms with E-state index in [1.807, 2.05) is 36.4 Å². The number of pyridine rings is 2. The minimum atomic E-state index is 0.495. The molecule has 0 aliphatic heterocycles. The number of aromatic amines is 1. The van der Waals surface area contributed by atoms with Crippen LogP contribution >= 0.6 is 11.3 Å². The third-order valence-electron chi connectivity index (χ3n) is 3.45. The second-order valence-electron chi connectivity index (χ2n) is 5.06. The molecule has 7 heteroatoms. The molecule has 0 fully saturated rings. The molecule has 0 radical (unpaired) electrons. The van der Waals surface area contributed by atoms with Gasteiger partial charge in [-0.25, -0.2) is 4.98 Å². The van der Waals surface area contributed by atoms with Gasteiger partial charge in [0.1, 0.15) is 5.82 Å². The van der Waals surface area contributed by atoms with Crippen LogP contribution in [0.5, 0.6) is 0 Å². The number of hydrogen-bond acceptors (Lipinski definition) is 6. The van der Waals surface area contributed by atoms with E-state index >= 15 is 0 Å². The highest BCUT2D eigenvalue weighted by atomic mass is 32.1. The number of fused-ring (bicyclic) bond motifs is 1. The summed E-state index contributed by atoms with van der Waals surface area (Å²) in [6.45, 7) is 0.636. The van der Waals surface area contributed by atoms with Crippen molar-refractivity contribution in [3.8, 4) is 10.6 Å². The van der Waals surface area contributed by atoms with Crippen LogP contribution < -0.4 is 11.1 Å². The van der Waals surface area contributed by atoms with Crippen LogP contribution in [0.4, 0.5) is 11.5 Å². The van der Waals surface area contributed by atoms with E-state index in [4.69, 9.17) is 5.73 Å². The normalized spacial score (nSPS) is 11.0. The van der Waals surface area contributed by atoms with Crippen molar-refractivity contribution >= 4 is 33.1 Å². The van der Waals surface area contributed by atoms with Crippen molar-refractivity contribution < 1.29 is 0 Å². The zero-order chi connectivity index (χ0) is 15.6. The van der Waals surface area contributed by atoms with Crippen LogP contribution in [-0.4, -0.2) is 20.2 Å². The van der Waals surface area contributed by atoms with Crippen molar-refractivity contribution in [1.82, 2.24) is 20.2 Å². The van der Waals surface area contributed by atoms with Gasteiger partial charge in [-0.15, -0.1) is 11.3 Å². The van der Waals surface area contributed by atoms with E-state index in [1.165, 1.54) is 0 Å². The summed E-state index contributed by atoms with van der Waals surface area (Å²) >= 11 is 1.65. The molecule has 4 N–H and O–H groups in total. The maximum absolute atomic E-state index is 5.94. The number of nitrogens with one attached hydrogen (secondary N) is 2. The number of nitrogen functional groups attached to an aromatic ring is 1. The lowest BCUT2D eigenvalue weighted by Crippen LogP contribution is -2.02. The highest BCUT2D eigenvalue weighted by Crippen LogP contribution is 2.36. The number of anilines is 2. The van der Waals surface area contributed by atoms with E-state index in [9.17, 15) is 0 Å². The number of hydrogen-bond donors (Lipinski definition) is 3. The Morgan fingerprint density at radius 1 is 1.17 bits per heavy atom. The van der Waals surface area contributed by atoms with Crippen LogP contribution in [0, 0.1) is 0 Å². The van der Waals surface area contributed by atoms with Gasteiger partial charge in [0.15, 0.2) is 0 Å². The molecule has 23 heavy (non-hydrogen) atoms. The van der Waals surface area contributed by atoms with Crippen molar-refractivity contribution in [2.24, 2.45) is 0 Å². The average molecular weight is 322 g/mol. The Morgan fingerprint density at radius 2 is 2.13 bits per heavy atom. The third-order valence-corrected chi connectivity index (χ3v) is 4.64. The fraction of sp³-hybridized carbons (Fsp3) is 0.0625. The summed E-state index contributed by atoms with van der Waals surface area (Å²) in [5.41, 5.74) is 9.73. The number of nitrogens with two attached hydrogens (primary N) is 1. The first-order valence-electron chi connectivity index (χ1n) is 7.13. The summed E-state index contributed by atoms with van der Waals surface area (Å²) in [6.07, 6.45) is 3.52. The topological polar surface area (TPSA) is 92.5 Å².